The molecule has 0 spiro atoms. The highest BCUT2D eigenvalue weighted by Crippen LogP contribution is 2.34. The molecule has 2 N–H and O–H groups in total. The van der Waals surface area contributed by atoms with Crippen molar-refractivity contribution in [3.8, 4) is 5.88 Å². The fraction of sp³-hybridized carbons (Fsp3) is 0.462. The summed E-state index contributed by atoms with van der Waals surface area (Å²) in [5, 5.41) is 17.4. The van der Waals surface area contributed by atoms with Crippen molar-refractivity contribution in [1.29, 1.82) is 0 Å². The lowest BCUT2D eigenvalue weighted by molar-refractivity contribution is 0.0131. The van der Waals surface area contributed by atoms with E-state index in [1.807, 2.05) is 13.1 Å². The average molecular weight is 275 g/mol. The number of rotatable bonds is 4. The Morgan fingerprint density at radius 1 is 1.50 bits per heavy atom. The highest BCUT2D eigenvalue weighted by molar-refractivity contribution is 5.31. The summed E-state index contributed by atoms with van der Waals surface area (Å²) < 4.78 is 6.86. The largest absolute Gasteiger partial charge is 0.481 e. The number of anilines is 1. The molecule has 0 bridgehead atoms. The van der Waals surface area contributed by atoms with Crippen LogP contribution in [0.5, 0.6) is 5.88 Å². The SMILES string of the molecule is COc1ccnc(N[C@H]2C[C@@H](O)[C@@H]2n2cc(C)cn2)n1. The van der Waals surface area contributed by atoms with Gasteiger partial charge >= 0.3 is 0 Å². The van der Waals surface area contributed by atoms with Gasteiger partial charge in [-0.3, -0.25) is 4.68 Å². The normalized spacial score (nSPS) is 25.1. The number of nitrogens with one attached hydrogen (secondary N) is 1. The lowest BCUT2D eigenvalue weighted by Crippen LogP contribution is -2.51. The van der Waals surface area contributed by atoms with Gasteiger partial charge in [-0.25, -0.2) is 4.98 Å². The van der Waals surface area contributed by atoms with E-state index in [-0.39, 0.29) is 12.1 Å². The Morgan fingerprint density at radius 3 is 3.00 bits per heavy atom. The number of aliphatic hydroxyl groups is 1. The Bertz CT molecular complexity index is 600. The highest BCUT2D eigenvalue weighted by Gasteiger charge is 2.42. The second-order valence-corrected chi connectivity index (χ2v) is 4.96. The lowest BCUT2D eigenvalue weighted by atomic mass is 9.83. The van der Waals surface area contributed by atoms with Crippen LogP contribution >= 0.6 is 0 Å². The van der Waals surface area contributed by atoms with Crippen molar-refractivity contribution in [3.63, 3.8) is 0 Å². The number of ether oxygens (including phenoxy) is 1. The van der Waals surface area contributed by atoms with Crippen LogP contribution in [0.2, 0.25) is 0 Å². The van der Waals surface area contributed by atoms with Gasteiger partial charge < -0.3 is 15.2 Å². The topological polar surface area (TPSA) is 85.1 Å². The molecule has 3 atom stereocenters. The average Bonchev–Trinajstić information content (AvgIpc) is 2.84. The van der Waals surface area contributed by atoms with E-state index in [1.54, 1.807) is 30.3 Å². The van der Waals surface area contributed by atoms with Crippen LogP contribution < -0.4 is 10.1 Å². The summed E-state index contributed by atoms with van der Waals surface area (Å²) in [7, 11) is 1.56. The summed E-state index contributed by atoms with van der Waals surface area (Å²) in [4.78, 5) is 8.37. The number of hydrogen-bond acceptors (Lipinski definition) is 6. The third-order valence-electron chi connectivity index (χ3n) is 3.49. The molecule has 0 unspecified atom stereocenters. The fourth-order valence-electron chi connectivity index (χ4n) is 2.40. The van der Waals surface area contributed by atoms with E-state index >= 15 is 0 Å². The number of aliphatic hydroxyl groups excluding tert-OH is 1. The minimum absolute atomic E-state index is 0.0522. The van der Waals surface area contributed by atoms with Crippen LogP contribution in [0.25, 0.3) is 0 Å². The predicted octanol–water partition coefficient (Wildman–Crippen LogP) is 0.777. The molecule has 1 fully saturated rings. The Balaban J connectivity index is 1.74. The molecule has 106 valence electrons. The zero-order valence-electron chi connectivity index (χ0n) is 11.4. The smallest absolute Gasteiger partial charge is 0.226 e. The molecular formula is C13H17N5O2. The number of methoxy groups -OCH3 is 1. The Kier molecular flexibility index (Phi) is 3.27. The molecule has 1 aliphatic carbocycles. The molecule has 0 aromatic carbocycles. The first-order valence-electron chi connectivity index (χ1n) is 6.50. The molecule has 3 rings (SSSR count). The molecule has 1 saturated carbocycles. The van der Waals surface area contributed by atoms with Crippen molar-refractivity contribution in [2.24, 2.45) is 0 Å². The molecule has 0 saturated heterocycles. The maximum atomic E-state index is 9.95. The number of aromatic nitrogens is 4. The predicted molar refractivity (Wildman–Crippen MR) is 72.6 cm³/mol. The van der Waals surface area contributed by atoms with Gasteiger partial charge in [0.1, 0.15) is 0 Å². The van der Waals surface area contributed by atoms with Gasteiger partial charge in [-0.2, -0.15) is 10.1 Å². The van der Waals surface area contributed by atoms with E-state index in [9.17, 15) is 5.11 Å². The first kappa shape index (κ1) is 12.9. The van der Waals surface area contributed by atoms with Crippen LogP contribution in [0.3, 0.4) is 0 Å². The van der Waals surface area contributed by atoms with Crippen molar-refractivity contribution in [2.75, 3.05) is 12.4 Å². The van der Waals surface area contributed by atoms with Gasteiger partial charge in [0.25, 0.3) is 0 Å². The maximum Gasteiger partial charge on any atom is 0.226 e. The van der Waals surface area contributed by atoms with Crippen LogP contribution in [0, 0.1) is 6.92 Å². The summed E-state index contributed by atoms with van der Waals surface area (Å²) in [6.45, 7) is 1.97. The molecule has 7 heteroatoms. The molecule has 1 aliphatic rings. The van der Waals surface area contributed by atoms with Crippen molar-refractivity contribution < 1.29 is 9.84 Å². The summed E-state index contributed by atoms with van der Waals surface area (Å²) in [5.74, 6) is 1.00. The zero-order chi connectivity index (χ0) is 14.1. The first-order valence-corrected chi connectivity index (χ1v) is 6.50. The monoisotopic (exact) mass is 275 g/mol. The van der Waals surface area contributed by atoms with Gasteiger partial charge in [0.15, 0.2) is 0 Å². The third kappa shape index (κ3) is 2.32. The summed E-state index contributed by atoms with van der Waals surface area (Å²) >= 11 is 0. The van der Waals surface area contributed by atoms with Crippen LogP contribution in [0.1, 0.15) is 18.0 Å². The molecule has 2 aromatic heterocycles. The van der Waals surface area contributed by atoms with E-state index in [0.29, 0.717) is 18.2 Å². The van der Waals surface area contributed by atoms with Gasteiger partial charge in [-0.1, -0.05) is 0 Å². The van der Waals surface area contributed by atoms with Crippen molar-refractivity contribution >= 4 is 5.95 Å². The van der Waals surface area contributed by atoms with Gasteiger partial charge in [-0.05, 0) is 18.9 Å². The quantitative estimate of drug-likeness (QED) is 0.857. The minimum atomic E-state index is -0.405. The van der Waals surface area contributed by atoms with E-state index in [2.05, 4.69) is 20.4 Å². The van der Waals surface area contributed by atoms with Crippen LogP contribution in [0.15, 0.2) is 24.7 Å². The molecule has 20 heavy (non-hydrogen) atoms. The molecular weight excluding hydrogens is 258 g/mol. The fourth-order valence-corrected chi connectivity index (χ4v) is 2.40. The van der Waals surface area contributed by atoms with Crippen molar-refractivity contribution in [1.82, 2.24) is 19.7 Å². The van der Waals surface area contributed by atoms with Gasteiger partial charge in [0.05, 0.1) is 31.5 Å². The van der Waals surface area contributed by atoms with Crippen LogP contribution in [-0.2, 0) is 0 Å². The number of aryl methyl sites for hydroxylation is 1. The van der Waals surface area contributed by atoms with Crippen molar-refractivity contribution in [3.05, 3.63) is 30.2 Å². The molecule has 2 heterocycles. The number of nitrogens with zero attached hydrogens (tertiary/aromatic N) is 4. The Hall–Kier alpha value is -2.15. The number of hydrogen-bond donors (Lipinski definition) is 2. The summed E-state index contributed by atoms with van der Waals surface area (Å²) in [5.41, 5.74) is 1.07. The third-order valence-corrected chi connectivity index (χ3v) is 3.49. The molecule has 0 radical (unpaired) electrons. The second kappa shape index (κ2) is 5.09. The van der Waals surface area contributed by atoms with Crippen LogP contribution in [-0.4, -0.2) is 44.1 Å². The molecule has 0 amide bonds. The highest BCUT2D eigenvalue weighted by atomic mass is 16.5. The summed E-state index contributed by atoms with van der Waals surface area (Å²) in [6, 6.07) is 1.64. The van der Waals surface area contributed by atoms with E-state index < -0.39 is 6.10 Å². The van der Waals surface area contributed by atoms with Gasteiger partial charge in [0.2, 0.25) is 11.8 Å². The summed E-state index contributed by atoms with van der Waals surface area (Å²) in [6.07, 6.45) is 5.58. The lowest BCUT2D eigenvalue weighted by Gasteiger charge is -2.41. The van der Waals surface area contributed by atoms with E-state index in [4.69, 9.17) is 4.74 Å². The standard InChI is InChI=1S/C13H17N5O2/c1-8-6-15-18(7-8)12-9(5-10(12)19)16-13-14-4-3-11(17-13)20-2/h3-4,6-7,9-10,12,19H,5H2,1-2H3,(H,14,16,17)/t9-,10+,12+/m0/s1. The van der Waals surface area contributed by atoms with Gasteiger partial charge in [-0.15, -0.1) is 0 Å². The van der Waals surface area contributed by atoms with E-state index in [0.717, 1.165) is 5.56 Å². The molecule has 7 nitrogen and oxygen atoms in total. The minimum Gasteiger partial charge on any atom is -0.481 e. The Labute approximate surface area is 116 Å². The van der Waals surface area contributed by atoms with Gasteiger partial charge in [0, 0.05) is 18.5 Å². The zero-order valence-corrected chi connectivity index (χ0v) is 11.4. The van der Waals surface area contributed by atoms with E-state index in [1.165, 1.54) is 0 Å². The first-order chi connectivity index (χ1) is 9.67. The second-order valence-electron chi connectivity index (χ2n) is 4.96. The Morgan fingerprint density at radius 2 is 2.35 bits per heavy atom. The maximum absolute atomic E-state index is 9.95. The van der Waals surface area contributed by atoms with Crippen LogP contribution in [0.4, 0.5) is 5.95 Å². The molecule has 0 aliphatic heterocycles. The van der Waals surface area contributed by atoms with Crippen molar-refractivity contribution in [2.45, 2.75) is 31.5 Å². The molecule has 2 aromatic rings.